The second kappa shape index (κ2) is 9.36. The van der Waals surface area contributed by atoms with Crippen molar-refractivity contribution in [3.8, 4) is 11.4 Å². The Morgan fingerprint density at radius 2 is 1.58 bits per heavy atom. The average molecular weight is 506 g/mol. The SMILES string of the molecule is Cc1nc(-c2ccc(C(=O)N3CCN(S(=O)(=O)c4cccc5c(N(C)C)cccc45)CC3)cc2)no1. The van der Waals surface area contributed by atoms with Crippen LogP contribution in [0.3, 0.4) is 0 Å². The maximum atomic E-state index is 13.6. The molecular formula is C26H27N5O4S. The number of piperazine rings is 1. The molecule has 2 heterocycles. The summed E-state index contributed by atoms with van der Waals surface area (Å²) in [5.74, 6) is 0.805. The standard InChI is InChI=1S/C26H27N5O4S/c1-18-27-25(28-35-18)19-10-12-20(13-11-19)26(32)30-14-16-31(17-15-30)36(33,34)24-9-5-6-21-22(24)7-4-8-23(21)29(2)3/h4-13H,14-17H2,1-3H3. The largest absolute Gasteiger partial charge is 0.377 e. The van der Waals surface area contributed by atoms with Gasteiger partial charge in [-0.2, -0.15) is 9.29 Å². The normalized spacial score (nSPS) is 14.8. The van der Waals surface area contributed by atoms with E-state index in [1.165, 1.54) is 4.31 Å². The van der Waals surface area contributed by atoms with E-state index in [2.05, 4.69) is 10.1 Å². The minimum absolute atomic E-state index is 0.135. The van der Waals surface area contributed by atoms with E-state index in [1.54, 1.807) is 48.2 Å². The van der Waals surface area contributed by atoms with Crippen molar-refractivity contribution in [3.05, 3.63) is 72.1 Å². The zero-order chi connectivity index (χ0) is 25.4. The Hall–Kier alpha value is -3.76. The van der Waals surface area contributed by atoms with Crippen molar-refractivity contribution in [1.82, 2.24) is 19.3 Å². The smallest absolute Gasteiger partial charge is 0.253 e. The lowest BCUT2D eigenvalue weighted by Gasteiger charge is -2.34. The van der Waals surface area contributed by atoms with Crippen LogP contribution in [-0.4, -0.2) is 73.9 Å². The van der Waals surface area contributed by atoms with Gasteiger partial charge in [0.15, 0.2) is 0 Å². The molecule has 1 saturated heterocycles. The Bertz CT molecular complexity index is 1520. The summed E-state index contributed by atoms with van der Waals surface area (Å²) in [5, 5.41) is 5.47. The number of fused-ring (bicyclic) bond motifs is 1. The number of rotatable bonds is 5. The molecule has 0 spiro atoms. The maximum Gasteiger partial charge on any atom is 0.253 e. The van der Waals surface area contributed by atoms with Crippen molar-refractivity contribution >= 4 is 32.4 Å². The Balaban J connectivity index is 1.31. The van der Waals surface area contributed by atoms with Crippen LogP contribution >= 0.6 is 0 Å². The number of carbonyl (C=O) groups excluding carboxylic acids is 1. The zero-order valence-electron chi connectivity index (χ0n) is 20.4. The first-order chi connectivity index (χ1) is 17.3. The number of carbonyl (C=O) groups is 1. The molecule has 0 bridgehead atoms. The molecule has 10 heteroatoms. The van der Waals surface area contributed by atoms with Crippen molar-refractivity contribution in [2.24, 2.45) is 0 Å². The molecule has 1 aromatic heterocycles. The van der Waals surface area contributed by atoms with Gasteiger partial charge in [0.1, 0.15) is 0 Å². The molecule has 0 atom stereocenters. The van der Waals surface area contributed by atoms with Crippen LogP contribution < -0.4 is 4.90 Å². The van der Waals surface area contributed by atoms with Crippen LogP contribution in [0.5, 0.6) is 0 Å². The van der Waals surface area contributed by atoms with Gasteiger partial charge in [0, 0.05) is 74.8 Å². The van der Waals surface area contributed by atoms with Gasteiger partial charge in [-0.1, -0.05) is 41.6 Å². The van der Waals surface area contributed by atoms with Crippen molar-refractivity contribution in [3.63, 3.8) is 0 Å². The summed E-state index contributed by atoms with van der Waals surface area (Å²) in [4.78, 5) is 21.2. The molecule has 0 saturated carbocycles. The number of amides is 1. The van der Waals surface area contributed by atoms with Gasteiger partial charge < -0.3 is 14.3 Å². The fraction of sp³-hybridized carbons (Fsp3) is 0.269. The average Bonchev–Trinajstić information content (AvgIpc) is 3.33. The summed E-state index contributed by atoms with van der Waals surface area (Å²) < 4.78 is 33.7. The Kier molecular flexibility index (Phi) is 6.23. The van der Waals surface area contributed by atoms with E-state index in [0.717, 1.165) is 16.6 Å². The highest BCUT2D eigenvalue weighted by Crippen LogP contribution is 2.32. The molecule has 9 nitrogen and oxygen atoms in total. The molecule has 36 heavy (non-hydrogen) atoms. The quantitative estimate of drug-likeness (QED) is 0.410. The van der Waals surface area contributed by atoms with E-state index < -0.39 is 10.0 Å². The second-order valence-electron chi connectivity index (χ2n) is 8.93. The molecular weight excluding hydrogens is 478 g/mol. The highest BCUT2D eigenvalue weighted by molar-refractivity contribution is 7.89. The van der Waals surface area contributed by atoms with Crippen molar-refractivity contribution in [2.75, 3.05) is 45.2 Å². The fourth-order valence-corrected chi connectivity index (χ4v) is 6.14. The summed E-state index contributed by atoms with van der Waals surface area (Å²) in [6, 6.07) is 18.1. The van der Waals surface area contributed by atoms with Crippen molar-refractivity contribution < 1.29 is 17.7 Å². The zero-order valence-corrected chi connectivity index (χ0v) is 21.2. The molecule has 0 aliphatic carbocycles. The Labute approximate surface area is 210 Å². The first kappa shape index (κ1) is 24.0. The first-order valence-corrected chi connectivity index (χ1v) is 13.1. The summed E-state index contributed by atoms with van der Waals surface area (Å²) >= 11 is 0. The molecule has 1 amide bonds. The van der Waals surface area contributed by atoms with Crippen LogP contribution in [-0.2, 0) is 10.0 Å². The van der Waals surface area contributed by atoms with Gasteiger partial charge >= 0.3 is 0 Å². The summed E-state index contributed by atoms with van der Waals surface area (Å²) in [6.45, 7) is 2.82. The maximum absolute atomic E-state index is 13.6. The predicted octanol–water partition coefficient (Wildman–Crippen LogP) is 3.41. The van der Waals surface area contributed by atoms with Crippen molar-refractivity contribution in [2.45, 2.75) is 11.8 Å². The van der Waals surface area contributed by atoms with Crippen LogP contribution in [0.2, 0.25) is 0 Å². The molecule has 186 valence electrons. The number of aromatic nitrogens is 2. The third-order valence-electron chi connectivity index (χ3n) is 6.40. The predicted molar refractivity (Wildman–Crippen MR) is 137 cm³/mol. The number of nitrogens with zero attached hydrogens (tertiary/aromatic N) is 5. The van der Waals surface area contributed by atoms with Crippen LogP contribution in [0.1, 0.15) is 16.2 Å². The van der Waals surface area contributed by atoms with Crippen LogP contribution in [0.15, 0.2) is 70.1 Å². The van der Waals surface area contributed by atoms with E-state index >= 15 is 0 Å². The van der Waals surface area contributed by atoms with E-state index in [0.29, 0.717) is 35.8 Å². The summed E-state index contributed by atoms with van der Waals surface area (Å²) in [6.07, 6.45) is 0. The third-order valence-corrected chi connectivity index (χ3v) is 8.36. The summed E-state index contributed by atoms with van der Waals surface area (Å²) in [7, 11) is 0.148. The minimum atomic E-state index is -3.73. The molecule has 0 N–H and O–H groups in total. The van der Waals surface area contributed by atoms with E-state index in [-0.39, 0.29) is 23.9 Å². The number of hydrogen-bond donors (Lipinski definition) is 0. The Morgan fingerprint density at radius 3 is 2.22 bits per heavy atom. The summed E-state index contributed by atoms with van der Waals surface area (Å²) in [5.41, 5.74) is 2.24. The number of benzene rings is 3. The highest BCUT2D eigenvalue weighted by atomic mass is 32.2. The van der Waals surface area contributed by atoms with E-state index in [9.17, 15) is 13.2 Å². The monoisotopic (exact) mass is 505 g/mol. The van der Waals surface area contributed by atoms with Crippen LogP contribution in [0, 0.1) is 6.92 Å². The van der Waals surface area contributed by atoms with Gasteiger partial charge in [0.2, 0.25) is 21.7 Å². The topological polar surface area (TPSA) is 99.9 Å². The fourth-order valence-electron chi connectivity index (χ4n) is 4.51. The molecule has 5 rings (SSSR count). The molecule has 3 aromatic carbocycles. The molecule has 0 radical (unpaired) electrons. The molecule has 4 aromatic rings. The van der Waals surface area contributed by atoms with Crippen molar-refractivity contribution in [1.29, 1.82) is 0 Å². The van der Waals surface area contributed by atoms with E-state index in [1.807, 2.05) is 43.3 Å². The first-order valence-electron chi connectivity index (χ1n) is 11.6. The van der Waals surface area contributed by atoms with Gasteiger partial charge in [-0.15, -0.1) is 0 Å². The number of sulfonamides is 1. The molecule has 1 aliphatic heterocycles. The van der Waals surface area contributed by atoms with Gasteiger partial charge in [-0.3, -0.25) is 4.79 Å². The molecule has 1 fully saturated rings. The van der Waals surface area contributed by atoms with Gasteiger partial charge in [0.05, 0.1) is 4.90 Å². The Morgan fingerprint density at radius 1 is 0.917 bits per heavy atom. The number of aryl methyl sites for hydroxylation is 1. The minimum Gasteiger partial charge on any atom is -0.377 e. The van der Waals surface area contributed by atoms with Crippen LogP contribution in [0.25, 0.3) is 22.2 Å². The molecule has 1 aliphatic rings. The lowest BCUT2D eigenvalue weighted by molar-refractivity contribution is 0.0698. The highest BCUT2D eigenvalue weighted by Gasteiger charge is 2.31. The molecule has 0 unspecified atom stereocenters. The lowest BCUT2D eigenvalue weighted by Crippen LogP contribution is -2.50. The van der Waals surface area contributed by atoms with Gasteiger partial charge in [-0.25, -0.2) is 8.42 Å². The van der Waals surface area contributed by atoms with Gasteiger partial charge in [-0.05, 0) is 24.3 Å². The lowest BCUT2D eigenvalue weighted by atomic mass is 10.1. The van der Waals surface area contributed by atoms with Crippen LogP contribution in [0.4, 0.5) is 5.69 Å². The number of anilines is 1. The van der Waals surface area contributed by atoms with Gasteiger partial charge in [0.25, 0.3) is 5.91 Å². The van der Waals surface area contributed by atoms with E-state index in [4.69, 9.17) is 4.52 Å². The third kappa shape index (κ3) is 4.33. The number of hydrogen-bond acceptors (Lipinski definition) is 7. The second-order valence-corrected chi connectivity index (χ2v) is 10.8.